The molecule has 1 fully saturated rings. The molecule has 4 rings (SSSR count). The Kier molecular flexibility index (Phi) is 5.14. The standard InChI is InChI=1S/C21H20ClN3OS/c1-15-5-4-8-18-20(15)23-21(27-18)25-13-11-24(12-14-25)19(26)10-9-16-6-2-3-7-17(16)22/h2-10H,11-14H2,1H3/b10-9+. The van der Waals surface area contributed by atoms with Crippen molar-refractivity contribution in [3.05, 3.63) is 64.7 Å². The molecule has 1 saturated heterocycles. The number of carbonyl (C=O) groups excluding carboxylic acids is 1. The number of anilines is 1. The average Bonchev–Trinajstić information content (AvgIpc) is 3.13. The van der Waals surface area contributed by atoms with E-state index in [4.69, 9.17) is 16.6 Å². The van der Waals surface area contributed by atoms with Crippen LogP contribution in [0.2, 0.25) is 5.02 Å². The number of piperazine rings is 1. The highest BCUT2D eigenvalue weighted by atomic mass is 35.5. The van der Waals surface area contributed by atoms with Crippen LogP contribution < -0.4 is 4.90 Å². The predicted molar refractivity (Wildman–Crippen MR) is 114 cm³/mol. The molecule has 2 heterocycles. The second kappa shape index (κ2) is 7.71. The lowest BCUT2D eigenvalue weighted by Gasteiger charge is -2.34. The lowest BCUT2D eigenvalue weighted by atomic mass is 10.2. The maximum atomic E-state index is 12.5. The van der Waals surface area contributed by atoms with E-state index in [2.05, 4.69) is 30.0 Å². The molecule has 138 valence electrons. The fraction of sp³-hybridized carbons (Fsp3) is 0.238. The third-order valence-corrected chi connectivity index (χ3v) is 6.21. The first-order valence-electron chi connectivity index (χ1n) is 8.94. The van der Waals surface area contributed by atoms with Crippen molar-refractivity contribution in [2.24, 2.45) is 0 Å². The summed E-state index contributed by atoms with van der Waals surface area (Å²) in [4.78, 5) is 21.4. The van der Waals surface area contributed by atoms with Gasteiger partial charge in [-0.3, -0.25) is 4.79 Å². The summed E-state index contributed by atoms with van der Waals surface area (Å²) in [6, 6.07) is 13.8. The second-order valence-corrected chi connectivity index (χ2v) is 8.00. The van der Waals surface area contributed by atoms with Gasteiger partial charge >= 0.3 is 0 Å². The van der Waals surface area contributed by atoms with Crippen molar-refractivity contribution in [1.29, 1.82) is 0 Å². The van der Waals surface area contributed by atoms with Crippen molar-refractivity contribution < 1.29 is 4.79 Å². The maximum Gasteiger partial charge on any atom is 0.246 e. The number of hydrogen-bond donors (Lipinski definition) is 0. The van der Waals surface area contributed by atoms with Gasteiger partial charge in [-0.1, -0.05) is 53.3 Å². The Balaban J connectivity index is 1.40. The van der Waals surface area contributed by atoms with Crippen molar-refractivity contribution in [2.75, 3.05) is 31.1 Å². The van der Waals surface area contributed by atoms with Gasteiger partial charge in [-0.25, -0.2) is 4.98 Å². The monoisotopic (exact) mass is 397 g/mol. The largest absolute Gasteiger partial charge is 0.345 e. The molecule has 3 aromatic rings. The molecule has 0 bridgehead atoms. The normalized spacial score (nSPS) is 15.0. The van der Waals surface area contributed by atoms with Crippen LogP contribution in [0.25, 0.3) is 16.3 Å². The van der Waals surface area contributed by atoms with E-state index >= 15 is 0 Å². The summed E-state index contributed by atoms with van der Waals surface area (Å²) in [5.74, 6) is 0.0229. The Morgan fingerprint density at radius 1 is 1.11 bits per heavy atom. The van der Waals surface area contributed by atoms with Gasteiger partial charge < -0.3 is 9.80 Å². The van der Waals surface area contributed by atoms with Gasteiger partial charge in [0, 0.05) is 37.3 Å². The van der Waals surface area contributed by atoms with E-state index in [1.165, 1.54) is 10.3 Å². The average molecular weight is 398 g/mol. The lowest BCUT2D eigenvalue weighted by Crippen LogP contribution is -2.48. The first-order valence-corrected chi connectivity index (χ1v) is 10.1. The highest BCUT2D eigenvalue weighted by Gasteiger charge is 2.22. The van der Waals surface area contributed by atoms with Crippen LogP contribution in [0.5, 0.6) is 0 Å². The zero-order valence-corrected chi connectivity index (χ0v) is 16.6. The summed E-state index contributed by atoms with van der Waals surface area (Å²) in [7, 11) is 0. The molecule has 1 aromatic heterocycles. The first kappa shape index (κ1) is 18.0. The van der Waals surface area contributed by atoms with Gasteiger partial charge in [0.25, 0.3) is 0 Å². The van der Waals surface area contributed by atoms with E-state index in [9.17, 15) is 4.79 Å². The number of thiazole rings is 1. The molecule has 1 aliphatic heterocycles. The number of halogens is 1. The molecule has 2 aromatic carbocycles. The van der Waals surface area contributed by atoms with E-state index in [0.29, 0.717) is 18.1 Å². The summed E-state index contributed by atoms with van der Waals surface area (Å²) >= 11 is 7.86. The molecule has 0 unspecified atom stereocenters. The van der Waals surface area contributed by atoms with Crippen LogP contribution in [0.3, 0.4) is 0 Å². The summed E-state index contributed by atoms with van der Waals surface area (Å²) in [6.07, 6.45) is 3.39. The van der Waals surface area contributed by atoms with Crippen molar-refractivity contribution >= 4 is 50.3 Å². The molecule has 27 heavy (non-hydrogen) atoms. The Labute approximate surface area is 167 Å². The minimum atomic E-state index is 0.0229. The number of aryl methyl sites for hydroxylation is 1. The molecule has 1 amide bonds. The van der Waals surface area contributed by atoms with Gasteiger partial charge in [-0.05, 0) is 36.3 Å². The van der Waals surface area contributed by atoms with Crippen LogP contribution >= 0.6 is 22.9 Å². The molecule has 0 aliphatic carbocycles. The van der Waals surface area contributed by atoms with Crippen molar-refractivity contribution in [3.63, 3.8) is 0 Å². The van der Waals surface area contributed by atoms with Gasteiger partial charge in [0.1, 0.15) is 0 Å². The molecule has 6 heteroatoms. The molecule has 0 spiro atoms. The molecule has 0 atom stereocenters. The van der Waals surface area contributed by atoms with Gasteiger partial charge in [0.15, 0.2) is 5.13 Å². The fourth-order valence-electron chi connectivity index (χ4n) is 3.20. The van der Waals surface area contributed by atoms with E-state index < -0.39 is 0 Å². The third kappa shape index (κ3) is 3.84. The van der Waals surface area contributed by atoms with Gasteiger partial charge in [-0.15, -0.1) is 0 Å². The summed E-state index contributed by atoms with van der Waals surface area (Å²) in [6.45, 7) is 5.07. The SMILES string of the molecule is Cc1cccc2sc(N3CCN(C(=O)/C=C/c4ccccc4Cl)CC3)nc12. The van der Waals surface area contributed by atoms with Crippen molar-refractivity contribution in [3.8, 4) is 0 Å². The molecule has 1 aliphatic rings. The molecule has 0 N–H and O–H groups in total. The van der Waals surface area contributed by atoms with Crippen LogP contribution in [-0.4, -0.2) is 42.0 Å². The number of nitrogens with zero attached hydrogens (tertiary/aromatic N) is 3. The second-order valence-electron chi connectivity index (χ2n) is 6.59. The third-order valence-electron chi connectivity index (χ3n) is 4.78. The van der Waals surface area contributed by atoms with E-state index in [1.807, 2.05) is 29.2 Å². The van der Waals surface area contributed by atoms with E-state index in [0.717, 1.165) is 29.3 Å². The van der Waals surface area contributed by atoms with Crippen LogP contribution in [0.4, 0.5) is 5.13 Å². The molecule has 0 saturated carbocycles. The minimum Gasteiger partial charge on any atom is -0.345 e. The predicted octanol–water partition coefficient (Wildman–Crippen LogP) is 4.62. The first-order chi connectivity index (χ1) is 13.1. The van der Waals surface area contributed by atoms with Crippen LogP contribution in [0.1, 0.15) is 11.1 Å². The number of fused-ring (bicyclic) bond motifs is 1. The number of aromatic nitrogens is 1. The lowest BCUT2D eigenvalue weighted by molar-refractivity contribution is -0.126. The summed E-state index contributed by atoms with van der Waals surface area (Å²) < 4.78 is 1.21. The minimum absolute atomic E-state index is 0.0229. The highest BCUT2D eigenvalue weighted by molar-refractivity contribution is 7.22. The van der Waals surface area contributed by atoms with Crippen LogP contribution in [0, 0.1) is 6.92 Å². The molecule has 4 nitrogen and oxygen atoms in total. The number of rotatable bonds is 3. The van der Waals surface area contributed by atoms with E-state index in [1.54, 1.807) is 23.5 Å². The molecular formula is C21H20ClN3OS. The number of amides is 1. The summed E-state index contributed by atoms with van der Waals surface area (Å²) in [5, 5.41) is 1.69. The summed E-state index contributed by atoms with van der Waals surface area (Å²) in [5.41, 5.74) is 3.14. The van der Waals surface area contributed by atoms with E-state index in [-0.39, 0.29) is 5.91 Å². The van der Waals surface area contributed by atoms with Crippen LogP contribution in [-0.2, 0) is 4.79 Å². The Morgan fingerprint density at radius 2 is 1.89 bits per heavy atom. The Bertz CT molecular complexity index is 1010. The smallest absolute Gasteiger partial charge is 0.246 e. The Morgan fingerprint density at radius 3 is 2.63 bits per heavy atom. The number of benzene rings is 2. The van der Waals surface area contributed by atoms with Crippen molar-refractivity contribution in [2.45, 2.75) is 6.92 Å². The van der Waals surface area contributed by atoms with Crippen LogP contribution in [0.15, 0.2) is 48.5 Å². The molecule has 0 radical (unpaired) electrons. The molecular weight excluding hydrogens is 378 g/mol. The zero-order chi connectivity index (χ0) is 18.8. The topological polar surface area (TPSA) is 36.4 Å². The fourth-order valence-corrected chi connectivity index (χ4v) is 4.50. The van der Waals surface area contributed by atoms with Gasteiger partial charge in [0.2, 0.25) is 5.91 Å². The maximum absolute atomic E-state index is 12.5. The van der Waals surface area contributed by atoms with Gasteiger partial charge in [0.05, 0.1) is 10.2 Å². The Hall–Kier alpha value is -2.37. The zero-order valence-electron chi connectivity index (χ0n) is 15.1. The van der Waals surface area contributed by atoms with Crippen molar-refractivity contribution in [1.82, 2.24) is 9.88 Å². The quantitative estimate of drug-likeness (QED) is 0.605. The number of carbonyl (C=O) groups is 1. The number of para-hydroxylation sites is 1. The highest BCUT2D eigenvalue weighted by Crippen LogP contribution is 2.31. The number of hydrogen-bond acceptors (Lipinski definition) is 4. The van der Waals surface area contributed by atoms with Gasteiger partial charge in [-0.2, -0.15) is 0 Å².